The van der Waals surface area contributed by atoms with E-state index in [1.54, 1.807) is 7.11 Å². The Balaban J connectivity index is 1.72. The van der Waals surface area contributed by atoms with Gasteiger partial charge in [0, 0.05) is 22.5 Å². The number of nitrogens with zero attached hydrogens (tertiary/aromatic N) is 1. The van der Waals surface area contributed by atoms with Crippen molar-refractivity contribution in [3.63, 3.8) is 0 Å². The first-order valence-electron chi connectivity index (χ1n) is 9.63. The second-order valence-corrected chi connectivity index (χ2v) is 7.46. The van der Waals surface area contributed by atoms with Gasteiger partial charge in [-0.05, 0) is 48.4 Å². The molecule has 0 aliphatic rings. The highest BCUT2D eigenvalue weighted by molar-refractivity contribution is 6.30. The number of halogens is 1. The predicted octanol–water partition coefficient (Wildman–Crippen LogP) is 5.80. The lowest BCUT2D eigenvalue weighted by atomic mass is 9.97. The quantitative estimate of drug-likeness (QED) is 0.447. The number of hydrogen-bond donors (Lipinski definition) is 1. The van der Waals surface area contributed by atoms with Crippen molar-refractivity contribution >= 4 is 28.4 Å². The number of benzene rings is 3. The Morgan fingerprint density at radius 1 is 1.03 bits per heavy atom. The molecule has 1 aromatic heterocycles. The van der Waals surface area contributed by atoms with Gasteiger partial charge in [0.15, 0.2) is 0 Å². The van der Waals surface area contributed by atoms with Crippen molar-refractivity contribution in [1.82, 2.24) is 10.3 Å². The highest BCUT2D eigenvalue weighted by atomic mass is 35.5. The molecule has 0 aliphatic carbocycles. The van der Waals surface area contributed by atoms with E-state index in [2.05, 4.69) is 5.32 Å². The third-order valence-electron chi connectivity index (χ3n) is 5.07. The standard InChI is InChI=1S/C25H21ClN2O2/c1-16-23(25(29)27-15-17-10-12-20(30-2)13-11-17)21-8-3-4-9-22(21)28-24(16)18-6-5-7-19(26)14-18/h3-14H,15H2,1-2H3,(H,27,29). The Kier molecular flexibility index (Phi) is 5.68. The van der Waals surface area contributed by atoms with Crippen molar-refractivity contribution in [2.75, 3.05) is 7.11 Å². The summed E-state index contributed by atoms with van der Waals surface area (Å²) in [6, 6.07) is 22.9. The summed E-state index contributed by atoms with van der Waals surface area (Å²) in [6.45, 7) is 2.35. The van der Waals surface area contributed by atoms with Gasteiger partial charge in [-0.15, -0.1) is 0 Å². The van der Waals surface area contributed by atoms with E-state index in [0.717, 1.165) is 39.0 Å². The molecule has 30 heavy (non-hydrogen) atoms. The van der Waals surface area contributed by atoms with Crippen molar-refractivity contribution in [1.29, 1.82) is 0 Å². The average Bonchev–Trinajstić information content (AvgIpc) is 2.77. The van der Waals surface area contributed by atoms with Crippen LogP contribution in [-0.2, 0) is 6.54 Å². The molecule has 1 heterocycles. The van der Waals surface area contributed by atoms with Gasteiger partial charge in [-0.1, -0.05) is 54.1 Å². The number of hydrogen-bond acceptors (Lipinski definition) is 3. The maximum atomic E-state index is 13.2. The maximum Gasteiger partial charge on any atom is 0.252 e. The van der Waals surface area contributed by atoms with Gasteiger partial charge in [-0.3, -0.25) is 4.79 Å². The molecule has 1 N–H and O–H groups in total. The van der Waals surface area contributed by atoms with Gasteiger partial charge in [0.25, 0.3) is 5.91 Å². The predicted molar refractivity (Wildman–Crippen MR) is 121 cm³/mol. The van der Waals surface area contributed by atoms with Gasteiger partial charge < -0.3 is 10.1 Å². The molecule has 0 aliphatic heterocycles. The minimum Gasteiger partial charge on any atom is -0.497 e. The van der Waals surface area contributed by atoms with Gasteiger partial charge in [0.2, 0.25) is 0 Å². The van der Waals surface area contributed by atoms with Gasteiger partial charge in [0.1, 0.15) is 5.75 Å². The summed E-state index contributed by atoms with van der Waals surface area (Å²) in [5.41, 5.74) is 4.86. The fraction of sp³-hybridized carbons (Fsp3) is 0.120. The lowest BCUT2D eigenvalue weighted by molar-refractivity contribution is 0.0952. The molecule has 0 saturated carbocycles. The largest absolute Gasteiger partial charge is 0.497 e. The lowest BCUT2D eigenvalue weighted by Gasteiger charge is -2.15. The van der Waals surface area contributed by atoms with Gasteiger partial charge in [0.05, 0.1) is 23.9 Å². The second kappa shape index (κ2) is 8.56. The minimum atomic E-state index is -0.134. The maximum absolute atomic E-state index is 13.2. The van der Waals surface area contributed by atoms with E-state index in [1.165, 1.54) is 0 Å². The van der Waals surface area contributed by atoms with Crippen LogP contribution in [0.25, 0.3) is 22.2 Å². The summed E-state index contributed by atoms with van der Waals surface area (Å²) >= 11 is 6.19. The van der Waals surface area contributed by atoms with E-state index >= 15 is 0 Å². The Morgan fingerprint density at radius 3 is 2.53 bits per heavy atom. The lowest BCUT2D eigenvalue weighted by Crippen LogP contribution is -2.24. The molecule has 0 fully saturated rings. The number of methoxy groups -OCH3 is 1. The van der Waals surface area contributed by atoms with Gasteiger partial charge in [-0.2, -0.15) is 0 Å². The Labute approximate surface area is 180 Å². The van der Waals surface area contributed by atoms with Crippen LogP contribution in [0.4, 0.5) is 0 Å². The van der Waals surface area contributed by atoms with Crippen LogP contribution in [0.5, 0.6) is 5.75 Å². The highest BCUT2D eigenvalue weighted by Gasteiger charge is 2.19. The molecule has 4 rings (SSSR count). The average molecular weight is 417 g/mol. The van der Waals surface area contributed by atoms with Crippen LogP contribution < -0.4 is 10.1 Å². The molecule has 0 bridgehead atoms. The molecular formula is C25H21ClN2O2. The number of pyridine rings is 1. The van der Waals surface area contributed by atoms with Crippen LogP contribution in [0.3, 0.4) is 0 Å². The fourth-order valence-electron chi connectivity index (χ4n) is 3.53. The van der Waals surface area contributed by atoms with Crippen LogP contribution in [0.15, 0.2) is 72.8 Å². The Bertz CT molecular complexity index is 1220. The van der Waals surface area contributed by atoms with Crippen molar-refractivity contribution in [3.05, 3.63) is 94.5 Å². The summed E-state index contributed by atoms with van der Waals surface area (Å²) < 4.78 is 5.19. The summed E-state index contributed by atoms with van der Waals surface area (Å²) in [6.07, 6.45) is 0. The zero-order chi connectivity index (χ0) is 21.1. The Hall–Kier alpha value is -3.37. The van der Waals surface area contributed by atoms with E-state index in [1.807, 2.05) is 79.7 Å². The van der Waals surface area contributed by atoms with Gasteiger partial charge in [-0.25, -0.2) is 4.98 Å². The fourth-order valence-corrected chi connectivity index (χ4v) is 3.72. The smallest absolute Gasteiger partial charge is 0.252 e. The topological polar surface area (TPSA) is 51.2 Å². The molecule has 5 heteroatoms. The minimum absolute atomic E-state index is 0.134. The number of rotatable bonds is 5. The van der Waals surface area contributed by atoms with Crippen molar-refractivity contribution < 1.29 is 9.53 Å². The summed E-state index contributed by atoms with van der Waals surface area (Å²) in [4.78, 5) is 18.1. The molecule has 4 nitrogen and oxygen atoms in total. The van der Waals surface area contributed by atoms with E-state index in [9.17, 15) is 4.79 Å². The molecule has 0 unspecified atom stereocenters. The van der Waals surface area contributed by atoms with Crippen LogP contribution in [0, 0.1) is 6.92 Å². The zero-order valence-corrected chi connectivity index (χ0v) is 17.5. The van der Waals surface area contributed by atoms with Crippen molar-refractivity contribution in [2.45, 2.75) is 13.5 Å². The van der Waals surface area contributed by atoms with E-state index < -0.39 is 0 Å². The molecule has 4 aromatic rings. The van der Waals surface area contributed by atoms with Crippen LogP contribution in [0.1, 0.15) is 21.5 Å². The highest BCUT2D eigenvalue weighted by Crippen LogP contribution is 2.31. The number of fused-ring (bicyclic) bond motifs is 1. The third-order valence-corrected chi connectivity index (χ3v) is 5.31. The van der Waals surface area contributed by atoms with E-state index in [0.29, 0.717) is 17.1 Å². The van der Waals surface area contributed by atoms with Crippen LogP contribution >= 0.6 is 11.6 Å². The number of nitrogens with one attached hydrogen (secondary N) is 1. The normalized spacial score (nSPS) is 10.8. The number of carbonyl (C=O) groups excluding carboxylic acids is 1. The SMILES string of the molecule is COc1ccc(CNC(=O)c2c(C)c(-c3cccc(Cl)c3)nc3ccccc23)cc1. The monoisotopic (exact) mass is 416 g/mol. The summed E-state index contributed by atoms with van der Waals surface area (Å²) in [5.74, 6) is 0.650. The number of carbonyl (C=O) groups is 1. The van der Waals surface area contributed by atoms with Crippen molar-refractivity contribution in [2.24, 2.45) is 0 Å². The number of para-hydroxylation sites is 1. The third kappa shape index (κ3) is 4.00. The summed E-state index contributed by atoms with van der Waals surface area (Å²) in [7, 11) is 1.63. The molecule has 150 valence electrons. The zero-order valence-electron chi connectivity index (χ0n) is 16.8. The first-order valence-corrected chi connectivity index (χ1v) is 10.0. The molecule has 1 amide bonds. The summed E-state index contributed by atoms with van der Waals surface area (Å²) in [5, 5.41) is 4.50. The molecule has 0 atom stereocenters. The number of ether oxygens (including phenoxy) is 1. The first-order chi connectivity index (χ1) is 14.6. The van der Waals surface area contributed by atoms with Crippen molar-refractivity contribution in [3.8, 4) is 17.0 Å². The first kappa shape index (κ1) is 19.9. The molecular weight excluding hydrogens is 396 g/mol. The van der Waals surface area contributed by atoms with Crippen LogP contribution in [0.2, 0.25) is 5.02 Å². The second-order valence-electron chi connectivity index (χ2n) is 7.02. The van der Waals surface area contributed by atoms with Gasteiger partial charge >= 0.3 is 0 Å². The van der Waals surface area contributed by atoms with E-state index in [4.69, 9.17) is 21.3 Å². The number of aromatic nitrogens is 1. The molecule has 3 aromatic carbocycles. The van der Waals surface area contributed by atoms with Crippen LogP contribution in [-0.4, -0.2) is 18.0 Å². The molecule has 0 saturated heterocycles. The number of amides is 1. The molecule has 0 spiro atoms. The Morgan fingerprint density at radius 2 is 1.80 bits per heavy atom. The molecule has 0 radical (unpaired) electrons. The van der Waals surface area contributed by atoms with E-state index in [-0.39, 0.29) is 5.91 Å².